The van der Waals surface area contributed by atoms with E-state index in [1.54, 1.807) is 35.7 Å². The van der Waals surface area contributed by atoms with Crippen LogP contribution >= 0.6 is 22.7 Å². The van der Waals surface area contributed by atoms with Crippen molar-refractivity contribution in [2.45, 2.75) is 25.3 Å². The van der Waals surface area contributed by atoms with Crippen LogP contribution in [0, 0.1) is 5.92 Å². The zero-order chi connectivity index (χ0) is 20.1. The van der Waals surface area contributed by atoms with Crippen LogP contribution in [0.15, 0.2) is 58.1 Å². The normalized spacial score (nSPS) is 11.7. The number of thiophene rings is 2. The van der Waals surface area contributed by atoms with Gasteiger partial charge in [-0.15, -0.1) is 11.3 Å². The van der Waals surface area contributed by atoms with E-state index in [0.717, 1.165) is 4.88 Å². The Kier molecular flexibility index (Phi) is 6.66. The average Bonchev–Trinajstić information content (AvgIpc) is 3.36. The summed E-state index contributed by atoms with van der Waals surface area (Å²) in [6, 6.07) is 11.6. The van der Waals surface area contributed by atoms with Gasteiger partial charge in [-0.05, 0) is 53.8 Å². The number of ether oxygens (including phenoxy) is 1. The molecule has 0 radical (unpaired) electrons. The molecule has 0 saturated carbocycles. The van der Waals surface area contributed by atoms with Crippen molar-refractivity contribution in [1.82, 2.24) is 4.72 Å². The Morgan fingerprint density at radius 1 is 1.11 bits per heavy atom. The van der Waals surface area contributed by atoms with E-state index < -0.39 is 10.0 Å². The summed E-state index contributed by atoms with van der Waals surface area (Å²) < 4.78 is 33.2. The maximum Gasteiger partial charge on any atom is 0.240 e. The number of benzene rings is 1. The third-order valence-electron chi connectivity index (χ3n) is 3.82. The van der Waals surface area contributed by atoms with Crippen molar-refractivity contribution < 1.29 is 17.9 Å². The van der Waals surface area contributed by atoms with E-state index in [2.05, 4.69) is 4.72 Å². The first-order valence-electron chi connectivity index (χ1n) is 8.73. The Labute approximate surface area is 173 Å². The molecular formula is C20H21NO4S3. The second kappa shape index (κ2) is 9.00. The minimum absolute atomic E-state index is 0.0441. The Balaban J connectivity index is 1.61. The molecule has 0 fully saturated rings. The molecule has 0 aliphatic rings. The van der Waals surface area contributed by atoms with Gasteiger partial charge in [-0.3, -0.25) is 4.79 Å². The van der Waals surface area contributed by atoms with Crippen LogP contribution in [0.3, 0.4) is 0 Å². The number of sulfonamides is 1. The molecule has 0 saturated heterocycles. The van der Waals surface area contributed by atoms with Crippen LogP contribution in [-0.4, -0.2) is 20.8 Å². The number of hydrogen-bond acceptors (Lipinski definition) is 6. The van der Waals surface area contributed by atoms with Crippen molar-refractivity contribution in [3.8, 4) is 5.75 Å². The molecule has 1 N–H and O–H groups in total. The lowest BCUT2D eigenvalue weighted by Gasteiger charge is -2.10. The first-order chi connectivity index (χ1) is 13.3. The molecular weight excluding hydrogens is 414 g/mol. The van der Waals surface area contributed by atoms with Crippen LogP contribution in [0.2, 0.25) is 0 Å². The van der Waals surface area contributed by atoms with E-state index >= 15 is 0 Å². The molecule has 28 heavy (non-hydrogen) atoms. The first kappa shape index (κ1) is 20.7. The molecule has 3 rings (SSSR count). The van der Waals surface area contributed by atoms with Crippen molar-refractivity contribution in [2.24, 2.45) is 5.92 Å². The van der Waals surface area contributed by atoms with E-state index in [4.69, 9.17) is 4.74 Å². The molecule has 5 nitrogen and oxygen atoms in total. The highest BCUT2D eigenvalue weighted by Gasteiger charge is 2.16. The van der Waals surface area contributed by atoms with Gasteiger partial charge >= 0.3 is 0 Å². The SMILES string of the molecule is CC(C)COc1ccc(S(=O)(=O)NCc2ccc(C(=O)c3ccsc3)s2)cc1. The van der Waals surface area contributed by atoms with Gasteiger partial charge < -0.3 is 4.74 Å². The van der Waals surface area contributed by atoms with Gasteiger partial charge in [0.15, 0.2) is 0 Å². The Morgan fingerprint density at radius 3 is 2.50 bits per heavy atom. The fourth-order valence-corrected chi connectivity index (χ4v) is 5.00. The molecule has 0 amide bonds. The molecule has 0 unspecified atom stereocenters. The predicted octanol–water partition coefficient (Wildman–Crippen LogP) is 4.55. The van der Waals surface area contributed by atoms with Gasteiger partial charge in [0.1, 0.15) is 5.75 Å². The molecule has 2 aromatic heterocycles. The molecule has 148 valence electrons. The fraction of sp³-hybridized carbons (Fsp3) is 0.250. The summed E-state index contributed by atoms with van der Waals surface area (Å²) in [6.45, 7) is 4.81. The highest BCUT2D eigenvalue weighted by Crippen LogP contribution is 2.22. The summed E-state index contributed by atoms with van der Waals surface area (Å²) in [5.41, 5.74) is 0.652. The van der Waals surface area contributed by atoms with Gasteiger partial charge in [-0.2, -0.15) is 11.3 Å². The monoisotopic (exact) mass is 435 g/mol. The summed E-state index contributed by atoms with van der Waals surface area (Å²) in [5, 5.41) is 3.66. The third kappa shape index (κ3) is 5.29. The second-order valence-electron chi connectivity index (χ2n) is 6.61. The lowest BCUT2D eigenvalue weighted by molar-refractivity contribution is 0.104. The smallest absolute Gasteiger partial charge is 0.240 e. The lowest BCUT2D eigenvalue weighted by Crippen LogP contribution is -2.22. The topological polar surface area (TPSA) is 72.5 Å². The van der Waals surface area contributed by atoms with Crippen molar-refractivity contribution >= 4 is 38.5 Å². The first-order valence-corrected chi connectivity index (χ1v) is 12.0. The van der Waals surface area contributed by atoms with E-state index in [0.29, 0.717) is 28.7 Å². The van der Waals surface area contributed by atoms with E-state index in [1.807, 2.05) is 19.2 Å². The predicted molar refractivity (Wildman–Crippen MR) is 113 cm³/mol. The van der Waals surface area contributed by atoms with E-state index in [-0.39, 0.29) is 17.2 Å². The highest BCUT2D eigenvalue weighted by molar-refractivity contribution is 7.89. The van der Waals surface area contributed by atoms with Gasteiger partial charge in [-0.1, -0.05) is 13.8 Å². The van der Waals surface area contributed by atoms with Crippen LogP contribution in [-0.2, 0) is 16.6 Å². The van der Waals surface area contributed by atoms with Crippen molar-refractivity contribution in [2.75, 3.05) is 6.61 Å². The largest absolute Gasteiger partial charge is 0.493 e. The zero-order valence-corrected chi connectivity index (χ0v) is 18.0. The highest BCUT2D eigenvalue weighted by atomic mass is 32.2. The Hall–Kier alpha value is -2.00. The molecule has 0 aliphatic heterocycles. The van der Waals surface area contributed by atoms with E-state index in [1.165, 1.54) is 34.8 Å². The summed E-state index contributed by atoms with van der Waals surface area (Å²) in [7, 11) is -3.64. The number of ketones is 1. The van der Waals surface area contributed by atoms with Crippen molar-refractivity contribution in [3.05, 3.63) is 68.5 Å². The van der Waals surface area contributed by atoms with E-state index in [9.17, 15) is 13.2 Å². The quantitative estimate of drug-likeness (QED) is 0.500. The molecule has 1 aromatic carbocycles. The molecule has 0 atom stereocenters. The molecule has 3 aromatic rings. The second-order valence-corrected chi connectivity index (χ2v) is 10.3. The van der Waals surface area contributed by atoms with Crippen molar-refractivity contribution in [1.29, 1.82) is 0 Å². The van der Waals surface area contributed by atoms with Crippen LogP contribution in [0.4, 0.5) is 0 Å². The number of carbonyl (C=O) groups is 1. The summed E-state index contributed by atoms with van der Waals surface area (Å²) >= 11 is 2.76. The number of hydrogen-bond donors (Lipinski definition) is 1. The summed E-state index contributed by atoms with van der Waals surface area (Å²) in [6.07, 6.45) is 0. The Morgan fingerprint density at radius 2 is 1.86 bits per heavy atom. The molecule has 0 bridgehead atoms. The van der Waals surface area contributed by atoms with Gasteiger partial charge in [-0.25, -0.2) is 13.1 Å². The lowest BCUT2D eigenvalue weighted by atomic mass is 10.2. The van der Waals surface area contributed by atoms with Crippen LogP contribution in [0.5, 0.6) is 5.75 Å². The van der Waals surface area contributed by atoms with Gasteiger partial charge in [0.2, 0.25) is 15.8 Å². The maximum absolute atomic E-state index is 12.5. The van der Waals surface area contributed by atoms with Crippen LogP contribution in [0.25, 0.3) is 0 Å². The fourth-order valence-electron chi connectivity index (χ4n) is 2.36. The van der Waals surface area contributed by atoms with Gasteiger partial charge in [0.05, 0.1) is 16.4 Å². The van der Waals surface area contributed by atoms with Crippen molar-refractivity contribution in [3.63, 3.8) is 0 Å². The van der Waals surface area contributed by atoms with Gasteiger partial charge in [0, 0.05) is 22.4 Å². The molecule has 0 aliphatic carbocycles. The molecule has 2 heterocycles. The number of rotatable bonds is 9. The van der Waals surface area contributed by atoms with Crippen LogP contribution < -0.4 is 9.46 Å². The molecule has 8 heteroatoms. The average molecular weight is 436 g/mol. The Bertz CT molecular complexity index is 1020. The number of carbonyl (C=O) groups excluding carboxylic acids is 1. The minimum Gasteiger partial charge on any atom is -0.493 e. The minimum atomic E-state index is -3.64. The standard InChI is InChI=1S/C20H21NO4S3/c1-14(2)12-25-16-3-6-18(7-4-16)28(23,24)21-11-17-5-8-19(27-17)20(22)15-9-10-26-13-15/h3-10,13-14,21H,11-12H2,1-2H3. The maximum atomic E-state index is 12.5. The zero-order valence-electron chi connectivity index (χ0n) is 15.5. The van der Waals surface area contributed by atoms with Gasteiger partial charge in [0.25, 0.3) is 0 Å². The van der Waals surface area contributed by atoms with Crippen LogP contribution in [0.1, 0.15) is 34.0 Å². The number of nitrogens with one attached hydrogen (secondary N) is 1. The summed E-state index contributed by atoms with van der Waals surface area (Å²) in [5.74, 6) is 0.993. The summed E-state index contributed by atoms with van der Waals surface area (Å²) in [4.78, 5) is 13.9. The third-order valence-corrected chi connectivity index (χ3v) is 7.01. The molecule has 0 spiro atoms.